The predicted molar refractivity (Wildman–Crippen MR) is 218 cm³/mol. The van der Waals surface area contributed by atoms with Crippen LogP contribution in [0.5, 0.6) is 0 Å². The Kier molecular flexibility index (Phi) is 10.4. The van der Waals surface area contributed by atoms with E-state index in [2.05, 4.69) is 166 Å². The standard InChI is InChI=1S/C38H35N7.C6H8N.Fe/c1-43-18-12-25(13-19-43)36-30-6-4-28(39-30)24-29-5-7-31(40-29)37(26-14-20-44(2)21-15-26)33-9-11-35(42-33)38(34-10-8-32(36)41-34)27-16-22-45(3)23-17-27;1-7-5-3-2-4-6-7;/h4-18,20,22,24,39,42H,19,21,23H2,1-3H3;3-5H,6H2,1H3;/q;-1;. The fourth-order valence-corrected chi connectivity index (χ4v) is 6.84. The normalized spacial score (nSPS) is 17.0. The Morgan fingerprint density at radius 1 is 0.528 bits per heavy atom. The molecular weight excluding hydrogens is 696 g/mol. The number of hydrogen-bond acceptors (Lipinski definition) is 6. The molecule has 9 heteroatoms. The number of allylic oxidation sites excluding steroid dienone is 8. The van der Waals surface area contributed by atoms with Gasteiger partial charge >= 0.3 is 0 Å². The van der Waals surface area contributed by atoms with Gasteiger partial charge in [0.05, 0.1) is 22.8 Å². The molecule has 0 unspecified atom stereocenters. The van der Waals surface area contributed by atoms with E-state index >= 15 is 0 Å². The second kappa shape index (κ2) is 15.5. The maximum atomic E-state index is 5.34. The molecule has 0 fully saturated rings. The Hall–Kier alpha value is -5.76. The van der Waals surface area contributed by atoms with Gasteiger partial charge in [0.25, 0.3) is 0 Å². The Bertz CT molecular complexity index is 2360. The number of nitrogens with zero attached hydrogens (tertiary/aromatic N) is 6. The third-order valence-electron chi connectivity index (χ3n) is 9.69. The van der Waals surface area contributed by atoms with Crippen molar-refractivity contribution in [2.45, 2.75) is 0 Å². The molecule has 268 valence electrons. The van der Waals surface area contributed by atoms with E-state index in [9.17, 15) is 0 Å². The fraction of sp³-hybridized carbons (Fsp3) is 0.182. The Morgan fingerprint density at radius 2 is 1.00 bits per heavy atom. The van der Waals surface area contributed by atoms with E-state index in [0.717, 1.165) is 104 Å². The molecule has 0 radical (unpaired) electrons. The summed E-state index contributed by atoms with van der Waals surface area (Å²) in [7, 11) is 8.31. The van der Waals surface area contributed by atoms with Crippen LogP contribution in [0.3, 0.4) is 0 Å². The Balaban J connectivity index is 0.000000491. The fourth-order valence-electron chi connectivity index (χ4n) is 6.84. The van der Waals surface area contributed by atoms with E-state index in [1.807, 2.05) is 25.4 Å². The number of likely N-dealkylation sites (N-methyl/N-ethyl adjacent to an activating group) is 4. The maximum Gasteiger partial charge on any atom is 0.0737 e. The second-order valence-electron chi connectivity index (χ2n) is 13.7. The summed E-state index contributed by atoms with van der Waals surface area (Å²) in [4.78, 5) is 26.6. The molecule has 53 heavy (non-hydrogen) atoms. The van der Waals surface area contributed by atoms with Crippen LogP contribution in [0.4, 0.5) is 0 Å². The van der Waals surface area contributed by atoms with E-state index in [-0.39, 0.29) is 17.1 Å². The summed E-state index contributed by atoms with van der Waals surface area (Å²) in [5.74, 6) is 0. The summed E-state index contributed by atoms with van der Waals surface area (Å²) in [6, 6.07) is 10.8. The van der Waals surface area contributed by atoms with E-state index in [1.165, 1.54) is 0 Å². The Labute approximate surface area is 322 Å². The summed E-state index contributed by atoms with van der Waals surface area (Å²) in [6.07, 6.45) is 37.2. The Morgan fingerprint density at radius 3 is 1.45 bits per heavy atom. The van der Waals surface area contributed by atoms with Gasteiger partial charge in [0.2, 0.25) is 0 Å². The minimum Gasteiger partial charge on any atom is -0.455 e. The zero-order valence-corrected chi connectivity index (χ0v) is 31.6. The first kappa shape index (κ1) is 35.6. The molecule has 3 aromatic rings. The number of nitrogens with one attached hydrogen (secondary N) is 2. The zero-order valence-electron chi connectivity index (χ0n) is 30.5. The molecule has 3 aromatic heterocycles. The molecule has 0 aromatic carbocycles. The third kappa shape index (κ3) is 7.72. The van der Waals surface area contributed by atoms with Crippen molar-refractivity contribution in [3.63, 3.8) is 0 Å². The minimum atomic E-state index is 0. The van der Waals surface area contributed by atoms with Gasteiger partial charge in [-0.1, -0.05) is 18.2 Å². The molecule has 2 N–H and O–H groups in total. The maximum absolute atomic E-state index is 5.34. The van der Waals surface area contributed by atoms with E-state index in [4.69, 9.17) is 9.97 Å². The molecule has 0 saturated carbocycles. The van der Waals surface area contributed by atoms with E-state index < -0.39 is 0 Å². The monoisotopic (exact) mass is 739 g/mol. The van der Waals surface area contributed by atoms with E-state index in [1.54, 1.807) is 0 Å². The van der Waals surface area contributed by atoms with Gasteiger partial charge in [-0.25, -0.2) is 16.0 Å². The van der Waals surface area contributed by atoms with Gasteiger partial charge in [0, 0.05) is 103 Å². The van der Waals surface area contributed by atoms with Crippen LogP contribution >= 0.6 is 0 Å². The molecule has 0 saturated heterocycles. The van der Waals surface area contributed by atoms with Crippen LogP contribution in [0.15, 0.2) is 104 Å². The minimum absolute atomic E-state index is 0. The third-order valence-corrected chi connectivity index (χ3v) is 9.69. The summed E-state index contributed by atoms with van der Waals surface area (Å²) in [5, 5.41) is 0. The zero-order chi connectivity index (χ0) is 35.6. The molecule has 9 rings (SSSR count). The number of hydrogen-bond donors (Lipinski definition) is 2. The molecule has 0 aliphatic carbocycles. The average Bonchev–Trinajstić information content (AvgIpc) is 3.99. The number of fused-ring (bicyclic) bond motifs is 8. The molecule has 0 atom stereocenters. The molecule has 6 aliphatic rings. The van der Waals surface area contributed by atoms with Crippen LogP contribution < -0.4 is 0 Å². The van der Waals surface area contributed by atoms with E-state index in [0.29, 0.717) is 0 Å². The van der Waals surface area contributed by atoms with Crippen molar-refractivity contribution in [1.29, 1.82) is 0 Å². The molecular formula is C44H43FeN8-. The molecule has 9 heterocycles. The van der Waals surface area contributed by atoms with Gasteiger partial charge in [-0.15, -0.1) is 6.20 Å². The van der Waals surface area contributed by atoms with Crippen molar-refractivity contribution >= 4 is 63.1 Å². The average molecular weight is 740 g/mol. The van der Waals surface area contributed by atoms with Crippen LogP contribution in [0.2, 0.25) is 0 Å². The predicted octanol–water partition coefficient (Wildman–Crippen LogP) is 7.99. The first-order chi connectivity index (χ1) is 25.4. The molecule has 8 nitrogen and oxygen atoms in total. The first-order valence-corrected chi connectivity index (χ1v) is 17.7. The topological polar surface area (TPSA) is 70.3 Å². The van der Waals surface area contributed by atoms with Crippen molar-refractivity contribution in [3.05, 3.63) is 149 Å². The largest absolute Gasteiger partial charge is 0.455 e. The van der Waals surface area contributed by atoms with Gasteiger partial charge in [0.1, 0.15) is 0 Å². The van der Waals surface area contributed by atoms with Crippen LogP contribution in [0, 0.1) is 6.08 Å². The van der Waals surface area contributed by atoms with Crippen molar-refractivity contribution < 1.29 is 17.1 Å². The quantitative estimate of drug-likeness (QED) is 0.145. The van der Waals surface area contributed by atoms with Crippen LogP contribution in [-0.2, 0) is 17.1 Å². The SMILES string of the molecule is CN1C=CC(c2c3nc(c(C4=CCN(C)C=C4)c4ccc([nH]4)c(C4=CCN(C)C=C4)c4nc(cc5ccc2[nH]5)C=C4)C=C3)=CC1.CN1C=C[C-]=CC1.[Fe]. The van der Waals surface area contributed by atoms with Crippen molar-refractivity contribution in [1.82, 2.24) is 39.5 Å². The van der Waals surface area contributed by atoms with Crippen molar-refractivity contribution in [2.75, 3.05) is 54.4 Å². The van der Waals surface area contributed by atoms with Crippen molar-refractivity contribution in [2.24, 2.45) is 0 Å². The van der Waals surface area contributed by atoms with Crippen molar-refractivity contribution in [3.8, 4) is 0 Å². The summed E-state index contributed by atoms with van der Waals surface area (Å²) in [6.45, 7) is 3.52. The van der Waals surface area contributed by atoms with Gasteiger partial charge in [-0.2, -0.15) is 6.08 Å². The van der Waals surface area contributed by atoms with Gasteiger partial charge in [0.15, 0.2) is 0 Å². The summed E-state index contributed by atoms with van der Waals surface area (Å²) < 4.78 is 0. The van der Waals surface area contributed by atoms with Crippen LogP contribution in [0.25, 0.3) is 63.1 Å². The van der Waals surface area contributed by atoms with Gasteiger partial charge in [-0.05, 0) is 115 Å². The molecule has 0 amide bonds. The van der Waals surface area contributed by atoms with Crippen LogP contribution in [0.1, 0.15) is 39.5 Å². The van der Waals surface area contributed by atoms with Crippen LogP contribution in [-0.4, -0.2) is 93.9 Å². The number of H-pyrrole nitrogens is 2. The molecule has 0 spiro atoms. The summed E-state index contributed by atoms with van der Waals surface area (Å²) >= 11 is 0. The summed E-state index contributed by atoms with van der Waals surface area (Å²) in [5.41, 5.74) is 14.5. The number of rotatable bonds is 3. The van der Waals surface area contributed by atoms with Gasteiger partial charge < -0.3 is 29.6 Å². The molecule has 8 bridgehead atoms. The van der Waals surface area contributed by atoms with Gasteiger partial charge in [-0.3, -0.25) is 6.08 Å². The smallest absolute Gasteiger partial charge is 0.0737 e. The first-order valence-electron chi connectivity index (χ1n) is 17.7. The molecule has 6 aliphatic heterocycles. The number of aromatic nitrogens is 4. The number of aromatic amines is 2. The second-order valence-corrected chi connectivity index (χ2v) is 13.7.